The number of thiocarbonyl (C=S) groups is 1. The first-order valence-electron chi connectivity index (χ1n) is 12.0. The number of alkyl halides is 3. The SMILES string of the molecule is Cc1cc([C@@H]2[C@@H](c3ccccn3)NC(=S)N2c2ccc3c(c2)OCO3)c(C)n1-c1cccc(C(F)(F)F)c1. The molecule has 2 aliphatic heterocycles. The molecule has 0 radical (unpaired) electrons. The number of fused-ring (bicyclic) bond motifs is 1. The van der Waals surface area contributed by atoms with E-state index in [0.717, 1.165) is 34.4 Å². The maximum atomic E-state index is 13.5. The molecule has 1 N–H and O–H groups in total. The zero-order chi connectivity index (χ0) is 26.6. The van der Waals surface area contributed by atoms with Crippen LogP contribution in [0.4, 0.5) is 18.9 Å². The number of rotatable bonds is 4. The smallest absolute Gasteiger partial charge is 0.416 e. The third kappa shape index (κ3) is 4.05. The van der Waals surface area contributed by atoms with E-state index in [1.54, 1.807) is 12.3 Å². The standard InChI is InChI=1S/C28H23F3N4O2S/c1-16-12-21(17(2)34(16)19-7-5-6-18(13-19)28(29,30)31)26-25(22-8-3-4-11-32-22)33-27(38)35(26)20-9-10-23-24(14-20)37-15-36-23/h3-14,25-26H,15H2,1-2H3,(H,33,38)/t25-,26-/m1/s1. The molecule has 10 heteroatoms. The van der Waals surface area contributed by atoms with Gasteiger partial charge in [0.2, 0.25) is 6.79 Å². The molecule has 1 saturated heterocycles. The van der Waals surface area contributed by atoms with Gasteiger partial charge in [-0.25, -0.2) is 0 Å². The van der Waals surface area contributed by atoms with Gasteiger partial charge in [0.05, 0.1) is 23.3 Å². The van der Waals surface area contributed by atoms with E-state index < -0.39 is 11.7 Å². The molecule has 0 spiro atoms. The van der Waals surface area contributed by atoms with E-state index in [1.165, 1.54) is 12.1 Å². The van der Waals surface area contributed by atoms with Gasteiger partial charge >= 0.3 is 6.18 Å². The molecular weight excluding hydrogens is 513 g/mol. The van der Waals surface area contributed by atoms with Crippen molar-refractivity contribution >= 4 is 23.0 Å². The largest absolute Gasteiger partial charge is 0.454 e. The van der Waals surface area contributed by atoms with Crippen LogP contribution in [0, 0.1) is 13.8 Å². The van der Waals surface area contributed by atoms with Gasteiger partial charge in [-0.2, -0.15) is 13.2 Å². The highest BCUT2D eigenvalue weighted by molar-refractivity contribution is 7.80. The van der Waals surface area contributed by atoms with Crippen LogP contribution in [-0.2, 0) is 6.18 Å². The molecule has 0 unspecified atom stereocenters. The van der Waals surface area contributed by atoms with Crippen molar-refractivity contribution in [3.05, 3.63) is 101 Å². The minimum Gasteiger partial charge on any atom is -0.454 e. The molecule has 2 aliphatic rings. The van der Waals surface area contributed by atoms with Crippen LogP contribution < -0.4 is 19.7 Å². The number of hydrogen-bond donors (Lipinski definition) is 1. The Morgan fingerprint density at radius 2 is 1.76 bits per heavy atom. The average Bonchev–Trinajstić information content (AvgIpc) is 3.58. The fourth-order valence-electron chi connectivity index (χ4n) is 5.29. The summed E-state index contributed by atoms with van der Waals surface area (Å²) < 4.78 is 53.4. The van der Waals surface area contributed by atoms with Crippen molar-refractivity contribution in [2.75, 3.05) is 11.7 Å². The van der Waals surface area contributed by atoms with E-state index in [0.29, 0.717) is 22.3 Å². The van der Waals surface area contributed by atoms with E-state index >= 15 is 0 Å². The predicted molar refractivity (Wildman–Crippen MR) is 141 cm³/mol. The van der Waals surface area contributed by atoms with Gasteiger partial charge in [-0.1, -0.05) is 12.1 Å². The first kappa shape index (κ1) is 24.3. The van der Waals surface area contributed by atoms with Crippen molar-refractivity contribution in [2.45, 2.75) is 32.1 Å². The van der Waals surface area contributed by atoms with Crippen molar-refractivity contribution < 1.29 is 22.6 Å². The van der Waals surface area contributed by atoms with E-state index in [9.17, 15) is 13.2 Å². The van der Waals surface area contributed by atoms with Gasteiger partial charge in [-0.05, 0) is 80.2 Å². The highest BCUT2D eigenvalue weighted by Gasteiger charge is 2.42. The lowest BCUT2D eigenvalue weighted by atomic mass is 9.96. The monoisotopic (exact) mass is 536 g/mol. The number of anilines is 1. The van der Waals surface area contributed by atoms with Crippen LogP contribution in [-0.4, -0.2) is 21.5 Å². The number of aromatic nitrogens is 2. The summed E-state index contributed by atoms with van der Waals surface area (Å²) in [6, 6.07) is 18.1. The second-order valence-electron chi connectivity index (χ2n) is 9.24. The molecule has 2 aromatic carbocycles. The molecule has 4 heterocycles. The Hall–Kier alpha value is -4.05. The number of hydrogen-bond acceptors (Lipinski definition) is 4. The third-order valence-electron chi connectivity index (χ3n) is 6.95. The van der Waals surface area contributed by atoms with Gasteiger partial charge in [-0.3, -0.25) is 4.98 Å². The summed E-state index contributed by atoms with van der Waals surface area (Å²) in [7, 11) is 0. The molecule has 0 saturated carbocycles. The number of ether oxygens (including phenoxy) is 2. The van der Waals surface area contributed by atoms with Crippen LogP contribution >= 0.6 is 12.2 Å². The topological polar surface area (TPSA) is 51.6 Å². The summed E-state index contributed by atoms with van der Waals surface area (Å²) in [4.78, 5) is 6.60. The Kier molecular flexibility index (Phi) is 5.79. The van der Waals surface area contributed by atoms with Gasteiger partial charge in [0.25, 0.3) is 0 Å². The second kappa shape index (κ2) is 9.05. The molecular formula is C28H23F3N4O2S. The summed E-state index contributed by atoms with van der Waals surface area (Å²) in [5.41, 5.74) is 3.89. The number of pyridine rings is 1. The average molecular weight is 537 g/mol. The third-order valence-corrected chi connectivity index (χ3v) is 7.27. The highest BCUT2D eigenvalue weighted by Crippen LogP contribution is 2.46. The number of halogens is 3. The maximum Gasteiger partial charge on any atom is 0.416 e. The lowest BCUT2D eigenvalue weighted by molar-refractivity contribution is -0.137. The fourth-order valence-corrected chi connectivity index (χ4v) is 5.64. The van der Waals surface area contributed by atoms with Gasteiger partial charge in [0, 0.05) is 35.0 Å². The summed E-state index contributed by atoms with van der Waals surface area (Å²) in [6.07, 6.45) is -2.71. The molecule has 1 fully saturated rings. The van der Waals surface area contributed by atoms with Crippen LogP contribution in [0.3, 0.4) is 0 Å². The zero-order valence-electron chi connectivity index (χ0n) is 20.5. The van der Waals surface area contributed by atoms with E-state index in [4.69, 9.17) is 21.7 Å². The lowest BCUT2D eigenvalue weighted by Gasteiger charge is -2.28. The number of nitrogens with one attached hydrogen (secondary N) is 1. The minimum absolute atomic E-state index is 0.152. The van der Waals surface area contributed by atoms with Gasteiger partial charge in [0.1, 0.15) is 0 Å². The first-order chi connectivity index (χ1) is 18.2. The Labute approximate surface area is 222 Å². The van der Waals surface area contributed by atoms with Gasteiger partial charge in [0.15, 0.2) is 16.6 Å². The van der Waals surface area contributed by atoms with Crippen LogP contribution in [0.25, 0.3) is 5.69 Å². The summed E-state index contributed by atoms with van der Waals surface area (Å²) in [5.74, 6) is 1.28. The Morgan fingerprint density at radius 3 is 2.53 bits per heavy atom. The maximum absolute atomic E-state index is 13.5. The normalized spacial score (nSPS) is 18.7. The molecule has 194 valence electrons. The summed E-state index contributed by atoms with van der Waals surface area (Å²) in [5, 5.41) is 3.93. The van der Waals surface area contributed by atoms with Crippen molar-refractivity contribution in [2.24, 2.45) is 0 Å². The molecule has 2 atom stereocenters. The molecule has 6 rings (SSSR count). The zero-order valence-corrected chi connectivity index (χ0v) is 21.3. The number of aryl methyl sites for hydroxylation is 1. The van der Waals surface area contributed by atoms with Crippen LogP contribution in [0.1, 0.15) is 40.3 Å². The summed E-state index contributed by atoms with van der Waals surface area (Å²) >= 11 is 5.82. The van der Waals surface area contributed by atoms with Crippen molar-refractivity contribution in [1.82, 2.24) is 14.9 Å². The summed E-state index contributed by atoms with van der Waals surface area (Å²) in [6.45, 7) is 3.95. The molecule has 0 amide bonds. The highest BCUT2D eigenvalue weighted by atomic mass is 32.1. The van der Waals surface area contributed by atoms with Crippen LogP contribution in [0.2, 0.25) is 0 Å². The Bertz CT molecular complexity index is 1540. The predicted octanol–water partition coefficient (Wildman–Crippen LogP) is 6.41. The molecule has 38 heavy (non-hydrogen) atoms. The lowest BCUT2D eigenvalue weighted by Crippen LogP contribution is -2.29. The minimum atomic E-state index is -4.43. The van der Waals surface area contributed by atoms with Crippen molar-refractivity contribution in [3.63, 3.8) is 0 Å². The van der Waals surface area contributed by atoms with Crippen molar-refractivity contribution in [3.8, 4) is 17.2 Å². The quantitative estimate of drug-likeness (QED) is 0.304. The van der Waals surface area contributed by atoms with Crippen LogP contribution in [0.15, 0.2) is 72.9 Å². The van der Waals surface area contributed by atoms with E-state index in [2.05, 4.69) is 10.3 Å². The van der Waals surface area contributed by atoms with E-state index in [1.807, 2.05) is 65.8 Å². The van der Waals surface area contributed by atoms with Crippen molar-refractivity contribution in [1.29, 1.82) is 0 Å². The number of benzene rings is 2. The Balaban J connectivity index is 1.50. The van der Waals surface area contributed by atoms with Crippen LogP contribution in [0.5, 0.6) is 11.5 Å². The molecule has 6 nitrogen and oxygen atoms in total. The number of nitrogens with zero attached hydrogens (tertiary/aromatic N) is 3. The molecule has 0 bridgehead atoms. The first-order valence-corrected chi connectivity index (χ1v) is 12.4. The second-order valence-corrected chi connectivity index (χ2v) is 9.63. The Morgan fingerprint density at radius 1 is 0.947 bits per heavy atom. The van der Waals surface area contributed by atoms with E-state index in [-0.39, 0.29) is 18.9 Å². The fraction of sp³-hybridized carbons (Fsp3) is 0.214. The molecule has 2 aromatic heterocycles. The molecule has 0 aliphatic carbocycles. The van der Waals surface area contributed by atoms with Gasteiger partial charge in [-0.15, -0.1) is 0 Å². The molecule has 4 aromatic rings. The van der Waals surface area contributed by atoms with Gasteiger partial charge < -0.3 is 24.3 Å².